The fourth-order valence-corrected chi connectivity index (χ4v) is 3.33. The third-order valence-corrected chi connectivity index (χ3v) is 5.31. The predicted octanol–water partition coefficient (Wildman–Crippen LogP) is 7.56. The van der Waals surface area contributed by atoms with Crippen LogP contribution in [-0.4, -0.2) is 12.6 Å². The molecule has 27 heavy (non-hydrogen) atoms. The van der Waals surface area contributed by atoms with Crippen molar-refractivity contribution >= 4 is 23.3 Å². The van der Waals surface area contributed by atoms with Crippen LogP contribution in [0.25, 0.3) is 0 Å². The Balaban J connectivity index is 1.87. The van der Waals surface area contributed by atoms with E-state index < -0.39 is 0 Å². The number of rotatable bonds is 16. The highest BCUT2D eigenvalue weighted by atomic mass is 35.5. The molecule has 0 aliphatic heterocycles. The summed E-state index contributed by atoms with van der Waals surface area (Å²) in [6.45, 7) is 2.74. The molecule has 1 aromatic rings. The number of esters is 1. The van der Waals surface area contributed by atoms with E-state index in [1.807, 2.05) is 0 Å². The van der Waals surface area contributed by atoms with Crippen LogP contribution < -0.4 is 5.73 Å². The first-order valence-electron chi connectivity index (χ1n) is 10.9. The minimum atomic E-state index is -0.326. The number of carbonyl (C=O) groups excluding carboxylic acids is 1. The van der Waals surface area contributed by atoms with Gasteiger partial charge in [-0.25, -0.2) is 4.79 Å². The highest BCUT2D eigenvalue weighted by Gasteiger charge is 2.08. The lowest BCUT2D eigenvalue weighted by atomic mass is 10.0. The summed E-state index contributed by atoms with van der Waals surface area (Å²) in [5.74, 6) is -0.326. The highest BCUT2D eigenvalue weighted by molar-refractivity contribution is 6.33. The van der Waals surface area contributed by atoms with Gasteiger partial charge in [0.25, 0.3) is 0 Å². The lowest BCUT2D eigenvalue weighted by Gasteiger charge is -2.06. The van der Waals surface area contributed by atoms with Crippen molar-refractivity contribution in [1.29, 1.82) is 0 Å². The molecule has 4 heteroatoms. The van der Waals surface area contributed by atoms with E-state index in [0.29, 0.717) is 22.9 Å². The average molecular weight is 396 g/mol. The Bertz CT molecular complexity index is 519. The van der Waals surface area contributed by atoms with Crippen molar-refractivity contribution in [3.05, 3.63) is 28.8 Å². The summed E-state index contributed by atoms with van der Waals surface area (Å²) in [5.41, 5.74) is 6.57. The van der Waals surface area contributed by atoms with Crippen molar-refractivity contribution in [2.24, 2.45) is 0 Å². The second-order valence-corrected chi connectivity index (χ2v) is 7.88. The largest absolute Gasteiger partial charge is 0.462 e. The number of hydrogen-bond donors (Lipinski definition) is 1. The summed E-state index contributed by atoms with van der Waals surface area (Å²) in [6, 6.07) is 4.84. The minimum absolute atomic E-state index is 0.326. The molecule has 0 saturated heterocycles. The molecule has 0 heterocycles. The zero-order chi connectivity index (χ0) is 19.7. The van der Waals surface area contributed by atoms with E-state index in [4.69, 9.17) is 22.1 Å². The Morgan fingerprint density at radius 2 is 1.33 bits per heavy atom. The van der Waals surface area contributed by atoms with Crippen LogP contribution in [0.1, 0.15) is 107 Å². The van der Waals surface area contributed by atoms with Crippen LogP contribution in [0, 0.1) is 0 Å². The second kappa shape index (κ2) is 15.8. The van der Waals surface area contributed by atoms with Gasteiger partial charge < -0.3 is 10.5 Å². The zero-order valence-electron chi connectivity index (χ0n) is 17.1. The normalized spacial score (nSPS) is 10.9. The van der Waals surface area contributed by atoms with Gasteiger partial charge in [0, 0.05) is 0 Å². The molecule has 3 nitrogen and oxygen atoms in total. The number of hydrogen-bond acceptors (Lipinski definition) is 3. The average Bonchev–Trinajstić information content (AvgIpc) is 2.66. The van der Waals surface area contributed by atoms with Crippen molar-refractivity contribution in [3.8, 4) is 0 Å². The van der Waals surface area contributed by atoms with E-state index in [-0.39, 0.29) is 5.97 Å². The maximum Gasteiger partial charge on any atom is 0.338 e. The van der Waals surface area contributed by atoms with Gasteiger partial charge in [-0.3, -0.25) is 0 Å². The lowest BCUT2D eigenvalue weighted by Crippen LogP contribution is -2.07. The topological polar surface area (TPSA) is 52.3 Å². The van der Waals surface area contributed by atoms with E-state index in [0.717, 1.165) is 12.8 Å². The van der Waals surface area contributed by atoms with Gasteiger partial charge in [-0.05, 0) is 24.6 Å². The lowest BCUT2D eigenvalue weighted by molar-refractivity contribution is 0.0497. The fraction of sp³-hybridized carbons (Fsp3) is 0.696. The van der Waals surface area contributed by atoms with Crippen LogP contribution >= 0.6 is 11.6 Å². The zero-order valence-corrected chi connectivity index (χ0v) is 17.9. The van der Waals surface area contributed by atoms with Crippen LogP contribution in [0.15, 0.2) is 18.2 Å². The van der Waals surface area contributed by atoms with Gasteiger partial charge in [-0.2, -0.15) is 0 Å². The molecule has 0 unspecified atom stereocenters. The maximum absolute atomic E-state index is 11.9. The molecule has 0 atom stereocenters. The molecule has 0 aliphatic carbocycles. The minimum Gasteiger partial charge on any atom is -0.462 e. The molecule has 154 valence electrons. The number of benzene rings is 1. The molecule has 0 radical (unpaired) electrons. The monoisotopic (exact) mass is 395 g/mol. The van der Waals surface area contributed by atoms with Crippen molar-refractivity contribution in [1.82, 2.24) is 0 Å². The van der Waals surface area contributed by atoms with Gasteiger partial charge >= 0.3 is 5.97 Å². The summed E-state index contributed by atoms with van der Waals surface area (Å²) in [5, 5.41) is 0.457. The molecule has 1 aromatic carbocycles. The summed E-state index contributed by atoms with van der Waals surface area (Å²) in [4.78, 5) is 11.9. The third kappa shape index (κ3) is 12.0. The number of nitrogens with two attached hydrogens (primary N) is 1. The number of anilines is 1. The molecule has 1 rings (SSSR count). The molecule has 2 N–H and O–H groups in total. The smallest absolute Gasteiger partial charge is 0.338 e. The highest BCUT2D eigenvalue weighted by Crippen LogP contribution is 2.20. The van der Waals surface area contributed by atoms with Gasteiger partial charge in [0.1, 0.15) is 0 Å². The maximum atomic E-state index is 11.9. The number of nitrogen functional groups attached to an aromatic ring is 1. The van der Waals surface area contributed by atoms with Gasteiger partial charge in [-0.1, -0.05) is 102 Å². The van der Waals surface area contributed by atoms with Gasteiger partial charge in [-0.15, -0.1) is 0 Å². The first-order valence-corrected chi connectivity index (χ1v) is 11.2. The second-order valence-electron chi connectivity index (χ2n) is 7.47. The quantitative estimate of drug-likeness (QED) is 0.178. The summed E-state index contributed by atoms with van der Waals surface area (Å²) in [7, 11) is 0. The van der Waals surface area contributed by atoms with Crippen LogP contribution in [0.2, 0.25) is 5.02 Å². The molecule has 0 saturated carbocycles. The van der Waals surface area contributed by atoms with Gasteiger partial charge in [0.2, 0.25) is 0 Å². The van der Waals surface area contributed by atoms with E-state index in [9.17, 15) is 4.79 Å². The van der Waals surface area contributed by atoms with E-state index in [1.165, 1.54) is 77.0 Å². The summed E-state index contributed by atoms with van der Waals surface area (Å²) < 4.78 is 5.29. The molecule has 0 bridgehead atoms. The molecule has 0 fully saturated rings. The van der Waals surface area contributed by atoms with E-state index in [2.05, 4.69) is 6.92 Å². The first kappa shape index (κ1) is 23.8. The van der Waals surface area contributed by atoms with Crippen LogP contribution in [-0.2, 0) is 4.74 Å². The van der Waals surface area contributed by atoms with E-state index in [1.54, 1.807) is 18.2 Å². The SMILES string of the molecule is CCCCCCCCCCCCCCCCOC(=O)c1ccc(Cl)c(N)c1. The van der Waals surface area contributed by atoms with Crippen molar-refractivity contribution < 1.29 is 9.53 Å². The molecule has 0 spiro atoms. The standard InChI is InChI=1S/C23H38ClNO2/c1-2-3-4-5-6-7-8-9-10-11-12-13-14-15-18-27-23(26)20-16-17-21(24)22(25)19-20/h16-17,19H,2-15,18,25H2,1H3. The number of carbonyl (C=O) groups is 1. The van der Waals surface area contributed by atoms with Crippen molar-refractivity contribution in [2.45, 2.75) is 96.8 Å². The summed E-state index contributed by atoms with van der Waals surface area (Å²) >= 11 is 5.85. The van der Waals surface area contributed by atoms with Crippen LogP contribution in [0.3, 0.4) is 0 Å². The van der Waals surface area contributed by atoms with Crippen molar-refractivity contribution in [2.75, 3.05) is 12.3 Å². The van der Waals surface area contributed by atoms with Crippen molar-refractivity contribution in [3.63, 3.8) is 0 Å². The summed E-state index contributed by atoms with van der Waals surface area (Å²) in [6.07, 6.45) is 18.4. The molecule has 0 aromatic heterocycles. The molecular weight excluding hydrogens is 358 g/mol. The molecule has 0 aliphatic rings. The third-order valence-electron chi connectivity index (χ3n) is 4.96. The predicted molar refractivity (Wildman–Crippen MR) is 116 cm³/mol. The van der Waals surface area contributed by atoms with E-state index >= 15 is 0 Å². The Kier molecular flexibility index (Phi) is 13.9. The van der Waals surface area contributed by atoms with Crippen LogP contribution in [0.4, 0.5) is 5.69 Å². The number of halogens is 1. The Labute approximate surface area is 171 Å². The first-order chi connectivity index (χ1) is 13.1. The van der Waals surface area contributed by atoms with Crippen LogP contribution in [0.5, 0.6) is 0 Å². The Hall–Kier alpha value is -1.22. The number of ether oxygens (including phenoxy) is 1. The van der Waals surface area contributed by atoms with Gasteiger partial charge in [0.15, 0.2) is 0 Å². The molecule has 0 amide bonds. The number of unbranched alkanes of at least 4 members (excludes halogenated alkanes) is 13. The Morgan fingerprint density at radius 1 is 0.852 bits per heavy atom. The fourth-order valence-electron chi connectivity index (χ4n) is 3.22. The Morgan fingerprint density at radius 3 is 1.81 bits per heavy atom. The molecular formula is C23H38ClNO2. The van der Waals surface area contributed by atoms with Gasteiger partial charge in [0.05, 0.1) is 22.9 Å².